The number of primary amides is 1. The molecule has 1 aliphatic rings. The third-order valence-corrected chi connectivity index (χ3v) is 2.86. The van der Waals surface area contributed by atoms with Crippen LogP contribution in [0.25, 0.3) is 0 Å². The second kappa shape index (κ2) is 7.48. The summed E-state index contributed by atoms with van der Waals surface area (Å²) in [6.07, 6.45) is -1.51. The first-order valence-corrected chi connectivity index (χ1v) is 6.29. The van der Waals surface area contributed by atoms with Gasteiger partial charge in [0.05, 0.1) is 6.04 Å². The molecule has 0 saturated heterocycles. The minimum atomic E-state index is -1.27. The van der Waals surface area contributed by atoms with Gasteiger partial charge in [0, 0.05) is 20.0 Å². The van der Waals surface area contributed by atoms with E-state index in [1.165, 1.54) is 13.0 Å². The minimum Gasteiger partial charge on any atom is -0.477 e. The first-order valence-electron chi connectivity index (χ1n) is 6.29. The molecule has 0 aromatic heterocycles. The number of carbonyl (C=O) groups is 3. The van der Waals surface area contributed by atoms with Crippen LogP contribution in [0.2, 0.25) is 0 Å². The zero-order valence-corrected chi connectivity index (χ0v) is 11.4. The molecule has 0 bridgehead atoms. The van der Waals surface area contributed by atoms with Crippen molar-refractivity contribution < 1.29 is 34.1 Å². The van der Waals surface area contributed by atoms with Crippen LogP contribution >= 0.6 is 0 Å². The number of carboxylic acid groups (broad SMARTS) is 1. The lowest BCUT2D eigenvalue weighted by Crippen LogP contribution is -2.52. The maximum Gasteiger partial charge on any atom is 0.404 e. The Labute approximate surface area is 120 Å². The predicted octanol–water partition coefficient (Wildman–Crippen LogP) is -0.905. The van der Waals surface area contributed by atoms with Gasteiger partial charge in [0.1, 0.15) is 6.10 Å². The number of aliphatic carboxylic acids is 1. The number of hydrogen-bond donors (Lipinski definition) is 4. The van der Waals surface area contributed by atoms with E-state index in [0.717, 1.165) is 0 Å². The molecule has 1 heterocycles. The zero-order chi connectivity index (χ0) is 16.0. The van der Waals surface area contributed by atoms with Gasteiger partial charge in [0.15, 0.2) is 6.10 Å². The minimum absolute atomic E-state index is 0.00338. The molecule has 5 N–H and O–H groups in total. The van der Waals surface area contributed by atoms with Gasteiger partial charge in [-0.05, 0) is 12.5 Å². The third-order valence-electron chi connectivity index (χ3n) is 2.86. The van der Waals surface area contributed by atoms with E-state index in [0.29, 0.717) is 0 Å². The first-order chi connectivity index (χ1) is 9.85. The van der Waals surface area contributed by atoms with Gasteiger partial charge in [-0.25, -0.2) is 9.59 Å². The molecule has 0 saturated carbocycles. The van der Waals surface area contributed by atoms with Crippen LogP contribution in [0.15, 0.2) is 11.8 Å². The van der Waals surface area contributed by atoms with Crippen LogP contribution in [0.1, 0.15) is 19.8 Å². The van der Waals surface area contributed by atoms with E-state index < -0.39 is 30.3 Å². The van der Waals surface area contributed by atoms with E-state index in [4.69, 9.17) is 25.4 Å². The number of rotatable bonds is 6. The van der Waals surface area contributed by atoms with Crippen molar-refractivity contribution in [2.75, 3.05) is 6.61 Å². The lowest BCUT2D eigenvalue weighted by Gasteiger charge is -2.35. The summed E-state index contributed by atoms with van der Waals surface area (Å²) < 4.78 is 10.1. The van der Waals surface area contributed by atoms with E-state index in [9.17, 15) is 14.4 Å². The van der Waals surface area contributed by atoms with E-state index in [2.05, 4.69) is 5.32 Å². The normalized spacial score (nSPS) is 22.5. The lowest BCUT2D eigenvalue weighted by atomic mass is 9.97. The molecule has 118 valence electrons. The highest BCUT2D eigenvalue weighted by atomic mass is 16.6. The Hall–Kier alpha value is -2.29. The second-order valence-corrected chi connectivity index (χ2v) is 4.49. The molecule has 0 aromatic rings. The Balaban J connectivity index is 2.97. The molecule has 0 radical (unpaired) electrons. The molecule has 3 atom stereocenters. The van der Waals surface area contributed by atoms with Crippen molar-refractivity contribution in [2.24, 2.45) is 5.73 Å². The fourth-order valence-corrected chi connectivity index (χ4v) is 2.09. The summed E-state index contributed by atoms with van der Waals surface area (Å²) in [5, 5.41) is 20.6. The van der Waals surface area contributed by atoms with E-state index in [1.807, 2.05) is 0 Å². The number of ether oxygens (including phenoxy) is 2. The predicted molar refractivity (Wildman–Crippen MR) is 69.0 cm³/mol. The molecule has 0 aromatic carbocycles. The van der Waals surface area contributed by atoms with Crippen molar-refractivity contribution in [1.82, 2.24) is 5.32 Å². The van der Waals surface area contributed by atoms with Gasteiger partial charge < -0.3 is 30.7 Å². The first kappa shape index (κ1) is 16.8. The highest BCUT2D eigenvalue weighted by Crippen LogP contribution is 2.23. The molecular weight excluding hydrogens is 284 g/mol. The Bertz CT molecular complexity index is 449. The van der Waals surface area contributed by atoms with Crippen LogP contribution in [-0.4, -0.2) is 53.0 Å². The van der Waals surface area contributed by atoms with Crippen LogP contribution in [0.5, 0.6) is 0 Å². The molecule has 9 heteroatoms. The van der Waals surface area contributed by atoms with Crippen LogP contribution in [-0.2, 0) is 19.1 Å². The average molecular weight is 302 g/mol. The molecular formula is C12H18N2O7. The largest absolute Gasteiger partial charge is 0.477 e. The van der Waals surface area contributed by atoms with Crippen molar-refractivity contribution in [3.63, 3.8) is 0 Å². The highest BCUT2D eigenvalue weighted by Gasteiger charge is 2.38. The molecule has 0 fully saturated rings. The second-order valence-electron chi connectivity index (χ2n) is 4.49. The Morgan fingerprint density at radius 2 is 2.24 bits per heavy atom. The van der Waals surface area contributed by atoms with Crippen molar-refractivity contribution in [3.8, 4) is 0 Å². The van der Waals surface area contributed by atoms with Gasteiger partial charge in [-0.15, -0.1) is 0 Å². The average Bonchev–Trinajstić information content (AvgIpc) is 2.37. The number of amides is 2. The smallest absolute Gasteiger partial charge is 0.404 e. The topological polar surface area (TPSA) is 148 Å². The number of aliphatic hydroxyl groups is 1. The molecule has 1 rings (SSSR count). The fourth-order valence-electron chi connectivity index (χ4n) is 2.09. The highest BCUT2D eigenvalue weighted by molar-refractivity contribution is 5.84. The van der Waals surface area contributed by atoms with Gasteiger partial charge in [0.25, 0.3) is 0 Å². The standard InChI is InChI=1S/C12H18N2O7/c1-6(16)14-7-2-3-9(11(17)18)20-10(7)8(4-5-15)21-12(13)19/h3,7-8,10,15H,2,4-5H2,1H3,(H2,13,19)(H,14,16)(H,17,18)/t7-,8-,10-/m1/s1. The van der Waals surface area contributed by atoms with E-state index in [1.54, 1.807) is 0 Å². The summed E-state index contributed by atoms with van der Waals surface area (Å²) in [5.74, 6) is -1.93. The summed E-state index contributed by atoms with van der Waals surface area (Å²) in [6.45, 7) is 0.972. The SMILES string of the molecule is CC(=O)N[C@@H]1CC=C(C(=O)O)O[C@H]1[C@@H](CCO)OC(N)=O. The van der Waals surface area contributed by atoms with Crippen LogP contribution in [0, 0.1) is 0 Å². The van der Waals surface area contributed by atoms with Crippen LogP contribution in [0.3, 0.4) is 0 Å². The monoisotopic (exact) mass is 302 g/mol. The quantitative estimate of drug-likeness (QED) is 0.496. The van der Waals surface area contributed by atoms with Crippen molar-refractivity contribution in [2.45, 2.75) is 38.0 Å². The number of carbonyl (C=O) groups excluding carboxylic acids is 2. The van der Waals surface area contributed by atoms with Gasteiger partial charge in [-0.1, -0.05) is 0 Å². The number of carboxylic acids is 1. The summed E-state index contributed by atoms with van der Waals surface area (Å²) in [5.41, 5.74) is 4.95. The molecule has 0 aliphatic carbocycles. The Morgan fingerprint density at radius 3 is 2.71 bits per heavy atom. The van der Waals surface area contributed by atoms with Crippen LogP contribution < -0.4 is 11.1 Å². The van der Waals surface area contributed by atoms with Crippen molar-refractivity contribution in [3.05, 3.63) is 11.8 Å². The fraction of sp³-hybridized carbons (Fsp3) is 0.583. The number of nitrogens with two attached hydrogens (primary N) is 1. The van der Waals surface area contributed by atoms with Gasteiger partial charge in [0.2, 0.25) is 11.7 Å². The van der Waals surface area contributed by atoms with E-state index >= 15 is 0 Å². The van der Waals surface area contributed by atoms with Gasteiger partial charge >= 0.3 is 12.1 Å². The molecule has 1 aliphatic heterocycles. The summed E-state index contributed by atoms with van der Waals surface area (Å²) >= 11 is 0. The summed E-state index contributed by atoms with van der Waals surface area (Å²) in [6, 6.07) is -0.596. The van der Waals surface area contributed by atoms with Gasteiger partial charge in [-0.2, -0.15) is 0 Å². The maximum absolute atomic E-state index is 11.2. The Kier molecular flexibility index (Phi) is 5.97. The Morgan fingerprint density at radius 1 is 1.57 bits per heavy atom. The zero-order valence-electron chi connectivity index (χ0n) is 11.4. The molecule has 2 amide bonds. The van der Waals surface area contributed by atoms with Crippen molar-refractivity contribution in [1.29, 1.82) is 0 Å². The van der Waals surface area contributed by atoms with E-state index in [-0.39, 0.29) is 31.1 Å². The maximum atomic E-state index is 11.2. The number of nitrogens with one attached hydrogen (secondary N) is 1. The molecule has 0 unspecified atom stereocenters. The van der Waals surface area contributed by atoms with Gasteiger partial charge in [-0.3, -0.25) is 4.79 Å². The summed E-state index contributed by atoms with van der Waals surface area (Å²) in [4.78, 5) is 33.1. The van der Waals surface area contributed by atoms with Crippen LogP contribution in [0.4, 0.5) is 4.79 Å². The number of hydrogen-bond acceptors (Lipinski definition) is 6. The lowest BCUT2D eigenvalue weighted by molar-refractivity contribution is -0.141. The summed E-state index contributed by atoms with van der Waals surface area (Å²) in [7, 11) is 0. The number of aliphatic hydroxyl groups excluding tert-OH is 1. The van der Waals surface area contributed by atoms with Crippen molar-refractivity contribution >= 4 is 18.0 Å². The molecule has 0 spiro atoms. The molecule has 21 heavy (non-hydrogen) atoms. The third kappa shape index (κ3) is 4.95. The molecule has 9 nitrogen and oxygen atoms in total.